The molecule has 0 heterocycles. The molecular weight excluding hydrogens is 473 g/mol. The number of hydrogen-bond acceptors (Lipinski definition) is 2. The van der Waals surface area contributed by atoms with Crippen molar-refractivity contribution < 1.29 is 4.79 Å². The Bertz CT molecular complexity index is 852. The third-order valence-electron chi connectivity index (χ3n) is 4.95. The van der Waals surface area contributed by atoms with Crippen LogP contribution in [0.25, 0.3) is 10.8 Å². The fourth-order valence-electron chi connectivity index (χ4n) is 3.30. The standard InChI is InChI=1S/C23H30Cl3N3OS/c1-2-3-4-5-6-7-8-16-20(30)28-21(23(24,25)26)29-22(31)27-19-15-11-13-17-12-9-10-14-18(17)19/h9-15,21H,2-8,16H2,1H3,(H,28,30)(H2,27,29,31). The van der Waals surface area contributed by atoms with Gasteiger partial charge in [0.15, 0.2) is 5.11 Å². The first kappa shape index (κ1) is 26.0. The van der Waals surface area contributed by atoms with Crippen LogP contribution in [-0.4, -0.2) is 21.0 Å². The predicted octanol–water partition coefficient (Wildman–Crippen LogP) is 7.08. The SMILES string of the molecule is CCCCCCCCCC(=O)NC(NC(=S)Nc1cccc2ccccc12)C(Cl)(Cl)Cl. The molecule has 0 radical (unpaired) electrons. The zero-order chi connectivity index (χ0) is 22.7. The van der Waals surface area contributed by atoms with Crippen LogP contribution >= 0.6 is 47.0 Å². The molecule has 1 amide bonds. The van der Waals surface area contributed by atoms with Crippen molar-refractivity contribution in [1.29, 1.82) is 0 Å². The molecular formula is C23H30Cl3N3OS. The summed E-state index contributed by atoms with van der Waals surface area (Å²) in [6, 6.07) is 13.8. The Morgan fingerprint density at radius 3 is 2.29 bits per heavy atom. The van der Waals surface area contributed by atoms with E-state index in [-0.39, 0.29) is 11.0 Å². The van der Waals surface area contributed by atoms with Gasteiger partial charge < -0.3 is 16.0 Å². The average Bonchev–Trinajstić information content (AvgIpc) is 2.72. The van der Waals surface area contributed by atoms with Crippen LogP contribution in [-0.2, 0) is 4.79 Å². The molecule has 31 heavy (non-hydrogen) atoms. The van der Waals surface area contributed by atoms with Crippen LogP contribution in [0.2, 0.25) is 0 Å². The Morgan fingerprint density at radius 1 is 0.935 bits per heavy atom. The lowest BCUT2D eigenvalue weighted by Gasteiger charge is -2.28. The number of anilines is 1. The molecule has 3 N–H and O–H groups in total. The van der Waals surface area contributed by atoms with Crippen molar-refractivity contribution in [3.63, 3.8) is 0 Å². The van der Waals surface area contributed by atoms with Crippen LogP contribution in [0.4, 0.5) is 5.69 Å². The molecule has 1 unspecified atom stereocenters. The third kappa shape index (κ3) is 9.40. The number of hydrogen-bond donors (Lipinski definition) is 3. The summed E-state index contributed by atoms with van der Waals surface area (Å²) >= 11 is 23.7. The van der Waals surface area contributed by atoms with E-state index in [0.29, 0.717) is 6.42 Å². The molecule has 0 spiro atoms. The zero-order valence-corrected chi connectivity index (χ0v) is 20.8. The average molecular weight is 503 g/mol. The normalized spacial score (nSPS) is 12.4. The summed E-state index contributed by atoms with van der Waals surface area (Å²) in [4.78, 5) is 12.4. The molecule has 2 aromatic rings. The van der Waals surface area contributed by atoms with Crippen molar-refractivity contribution in [3.05, 3.63) is 42.5 Å². The topological polar surface area (TPSA) is 53.2 Å². The lowest BCUT2D eigenvalue weighted by molar-refractivity contribution is -0.122. The maximum absolute atomic E-state index is 12.4. The van der Waals surface area contributed by atoms with Gasteiger partial charge in [0, 0.05) is 17.5 Å². The Kier molecular flexibility index (Phi) is 11.2. The van der Waals surface area contributed by atoms with Gasteiger partial charge in [0.1, 0.15) is 6.17 Å². The van der Waals surface area contributed by atoms with Gasteiger partial charge in [-0.2, -0.15) is 0 Å². The highest BCUT2D eigenvalue weighted by Crippen LogP contribution is 2.29. The Labute approximate surface area is 205 Å². The summed E-state index contributed by atoms with van der Waals surface area (Å²) in [6.07, 6.45) is 7.35. The van der Waals surface area contributed by atoms with Crippen molar-refractivity contribution in [2.24, 2.45) is 0 Å². The minimum absolute atomic E-state index is 0.176. The fraction of sp³-hybridized carbons (Fsp3) is 0.478. The van der Waals surface area contributed by atoms with Crippen LogP contribution in [0.15, 0.2) is 42.5 Å². The molecule has 4 nitrogen and oxygen atoms in total. The number of carbonyl (C=O) groups excluding carboxylic acids is 1. The Balaban J connectivity index is 1.86. The summed E-state index contributed by atoms with van der Waals surface area (Å²) in [5.74, 6) is -0.176. The number of rotatable bonds is 11. The van der Waals surface area contributed by atoms with Gasteiger partial charge in [-0.15, -0.1) is 0 Å². The van der Waals surface area contributed by atoms with E-state index in [2.05, 4.69) is 22.9 Å². The van der Waals surface area contributed by atoms with E-state index in [4.69, 9.17) is 47.0 Å². The Hall–Kier alpha value is -1.27. The first-order chi connectivity index (χ1) is 14.8. The van der Waals surface area contributed by atoms with Gasteiger partial charge in [-0.1, -0.05) is 117 Å². The zero-order valence-electron chi connectivity index (χ0n) is 17.7. The van der Waals surface area contributed by atoms with E-state index >= 15 is 0 Å². The van der Waals surface area contributed by atoms with Crippen LogP contribution in [0.5, 0.6) is 0 Å². The molecule has 0 saturated heterocycles. The summed E-state index contributed by atoms with van der Waals surface area (Å²) in [6.45, 7) is 2.20. The number of benzene rings is 2. The van der Waals surface area contributed by atoms with Crippen LogP contribution in [0.3, 0.4) is 0 Å². The molecule has 2 rings (SSSR count). The quantitative estimate of drug-likeness (QED) is 0.133. The van der Waals surface area contributed by atoms with Gasteiger partial charge in [-0.25, -0.2) is 0 Å². The summed E-state index contributed by atoms with van der Waals surface area (Å²) in [5.41, 5.74) is 0.827. The molecule has 2 aromatic carbocycles. The van der Waals surface area contributed by atoms with E-state index in [1.807, 2.05) is 42.5 Å². The lowest BCUT2D eigenvalue weighted by atomic mass is 10.1. The number of amides is 1. The predicted molar refractivity (Wildman–Crippen MR) is 138 cm³/mol. The monoisotopic (exact) mass is 501 g/mol. The minimum Gasteiger partial charge on any atom is -0.339 e. The molecule has 0 saturated carbocycles. The lowest BCUT2D eigenvalue weighted by Crippen LogP contribution is -2.56. The van der Waals surface area contributed by atoms with Gasteiger partial charge >= 0.3 is 0 Å². The van der Waals surface area contributed by atoms with E-state index in [1.54, 1.807) is 0 Å². The minimum atomic E-state index is -1.76. The first-order valence-corrected chi connectivity index (χ1v) is 12.3. The molecule has 0 bridgehead atoms. The maximum atomic E-state index is 12.4. The summed E-state index contributed by atoms with van der Waals surface area (Å²) in [7, 11) is 0. The number of thiocarbonyl (C=S) groups is 1. The van der Waals surface area contributed by atoms with Crippen molar-refractivity contribution in [3.8, 4) is 0 Å². The first-order valence-electron chi connectivity index (χ1n) is 10.7. The Morgan fingerprint density at radius 2 is 1.58 bits per heavy atom. The van der Waals surface area contributed by atoms with E-state index in [1.165, 1.54) is 25.7 Å². The molecule has 0 aliphatic carbocycles. The molecule has 0 aliphatic rings. The van der Waals surface area contributed by atoms with Crippen molar-refractivity contribution >= 4 is 74.5 Å². The third-order valence-corrected chi connectivity index (χ3v) is 5.83. The summed E-state index contributed by atoms with van der Waals surface area (Å²) < 4.78 is -1.76. The van der Waals surface area contributed by atoms with E-state index in [0.717, 1.165) is 35.7 Å². The van der Waals surface area contributed by atoms with Gasteiger partial charge in [-0.3, -0.25) is 4.79 Å². The van der Waals surface area contributed by atoms with Gasteiger partial charge in [-0.05, 0) is 30.1 Å². The molecule has 0 fully saturated rings. The molecule has 8 heteroatoms. The fourth-order valence-corrected chi connectivity index (χ4v) is 3.85. The molecule has 0 aromatic heterocycles. The highest BCUT2D eigenvalue weighted by Gasteiger charge is 2.34. The maximum Gasteiger partial charge on any atom is 0.228 e. The molecule has 0 aliphatic heterocycles. The second kappa shape index (κ2) is 13.3. The smallest absolute Gasteiger partial charge is 0.228 e. The number of carbonyl (C=O) groups is 1. The van der Waals surface area contributed by atoms with E-state index < -0.39 is 9.96 Å². The highest BCUT2D eigenvalue weighted by atomic mass is 35.6. The van der Waals surface area contributed by atoms with Gasteiger partial charge in [0.05, 0.1) is 0 Å². The van der Waals surface area contributed by atoms with Crippen LogP contribution < -0.4 is 16.0 Å². The number of unbranched alkanes of at least 4 members (excludes halogenated alkanes) is 6. The number of nitrogens with one attached hydrogen (secondary N) is 3. The summed E-state index contributed by atoms with van der Waals surface area (Å²) in [5, 5.41) is 11.1. The van der Waals surface area contributed by atoms with Crippen molar-refractivity contribution in [1.82, 2.24) is 10.6 Å². The second-order valence-corrected chi connectivity index (χ2v) is 10.3. The highest BCUT2D eigenvalue weighted by molar-refractivity contribution is 7.80. The number of fused-ring (bicyclic) bond motifs is 1. The molecule has 170 valence electrons. The number of halogens is 3. The van der Waals surface area contributed by atoms with Crippen molar-refractivity contribution in [2.45, 2.75) is 68.2 Å². The van der Waals surface area contributed by atoms with Crippen LogP contribution in [0, 0.1) is 0 Å². The van der Waals surface area contributed by atoms with Crippen molar-refractivity contribution in [2.75, 3.05) is 5.32 Å². The largest absolute Gasteiger partial charge is 0.339 e. The second-order valence-electron chi connectivity index (χ2n) is 7.54. The number of alkyl halides is 3. The van der Waals surface area contributed by atoms with E-state index in [9.17, 15) is 4.79 Å². The molecule has 1 atom stereocenters. The van der Waals surface area contributed by atoms with Crippen LogP contribution in [0.1, 0.15) is 58.3 Å². The van der Waals surface area contributed by atoms with Gasteiger partial charge in [0.25, 0.3) is 0 Å². The van der Waals surface area contributed by atoms with Gasteiger partial charge in [0.2, 0.25) is 9.70 Å².